The lowest BCUT2D eigenvalue weighted by Crippen LogP contribution is -2.36. The standard InChI is InChI=1S/C19H27ClN5O9P/c1-2-32-17(28)18(35(29,30)31)33-7-10-12(26)13(27)16(34-10)25-8-21-11-14(22-9-5-3-4-6-9)23-19(20)24-15(11)25/h8-10,12-13,16,18,26-27H,2-7H2,1H3,(H,22,23,24)(H2,29,30,31)/t10-,12-,13-,16-,18?/m1/s1. The third-order valence-electron chi connectivity index (χ3n) is 5.91. The van der Waals surface area contributed by atoms with Crippen molar-refractivity contribution in [2.45, 2.75) is 69.0 Å². The number of ether oxygens (including phenoxy) is 3. The van der Waals surface area contributed by atoms with Crippen LogP contribution in [0.15, 0.2) is 6.33 Å². The number of aliphatic hydroxyl groups is 2. The first-order chi connectivity index (χ1) is 16.6. The number of nitrogens with one attached hydrogen (secondary N) is 1. The van der Waals surface area contributed by atoms with Gasteiger partial charge in [-0.05, 0) is 31.4 Å². The van der Waals surface area contributed by atoms with Gasteiger partial charge in [-0.3, -0.25) is 9.13 Å². The predicted octanol–water partition coefficient (Wildman–Crippen LogP) is 0.537. The largest absolute Gasteiger partial charge is 0.464 e. The first-order valence-corrected chi connectivity index (χ1v) is 13.2. The molecule has 0 spiro atoms. The summed E-state index contributed by atoms with van der Waals surface area (Å²) in [5.74, 6) is -3.00. The molecule has 2 aromatic rings. The number of carbonyl (C=O) groups is 1. The maximum absolute atomic E-state index is 11.9. The van der Waals surface area contributed by atoms with E-state index in [2.05, 4.69) is 25.0 Å². The van der Waals surface area contributed by atoms with Gasteiger partial charge in [0, 0.05) is 6.04 Å². The molecule has 5 atom stereocenters. The lowest BCUT2D eigenvalue weighted by atomic mass is 10.1. The molecule has 1 saturated carbocycles. The molecule has 1 saturated heterocycles. The van der Waals surface area contributed by atoms with Gasteiger partial charge in [0.25, 0.3) is 5.85 Å². The van der Waals surface area contributed by atoms with Crippen LogP contribution in [-0.2, 0) is 23.6 Å². The molecule has 0 aromatic carbocycles. The van der Waals surface area contributed by atoms with Gasteiger partial charge in [0.15, 0.2) is 23.2 Å². The molecule has 4 rings (SSSR count). The highest BCUT2D eigenvalue weighted by Crippen LogP contribution is 2.43. The number of anilines is 1. The van der Waals surface area contributed by atoms with Gasteiger partial charge < -0.3 is 39.5 Å². The number of hydrogen-bond donors (Lipinski definition) is 5. The van der Waals surface area contributed by atoms with Crippen molar-refractivity contribution >= 4 is 42.1 Å². The molecule has 2 aliphatic rings. The number of aromatic nitrogens is 4. The Hall–Kier alpha value is -1.90. The molecule has 2 fully saturated rings. The van der Waals surface area contributed by atoms with E-state index in [4.69, 9.17) is 21.1 Å². The minimum absolute atomic E-state index is 0.0495. The molecule has 1 unspecified atom stereocenters. The second-order valence-electron chi connectivity index (χ2n) is 8.36. The molecule has 5 N–H and O–H groups in total. The van der Waals surface area contributed by atoms with E-state index in [1.807, 2.05) is 0 Å². The first-order valence-electron chi connectivity index (χ1n) is 11.1. The summed E-state index contributed by atoms with van der Waals surface area (Å²) in [7, 11) is -5.02. The van der Waals surface area contributed by atoms with E-state index in [1.54, 1.807) is 0 Å². The van der Waals surface area contributed by atoms with E-state index >= 15 is 0 Å². The molecule has 3 heterocycles. The fourth-order valence-corrected chi connectivity index (χ4v) is 5.03. The Morgan fingerprint density at radius 2 is 2.03 bits per heavy atom. The zero-order valence-electron chi connectivity index (χ0n) is 18.7. The summed E-state index contributed by atoms with van der Waals surface area (Å²) in [6.07, 6.45) is 0.160. The van der Waals surface area contributed by atoms with Gasteiger partial charge in [0.05, 0.1) is 19.5 Å². The summed E-state index contributed by atoms with van der Waals surface area (Å²) < 4.78 is 28.5. The SMILES string of the molecule is CCOC(=O)C(OC[C@H]1O[C@@H](n2cnc3c(NC4CCCC4)nc(Cl)nc32)[C@H](O)[C@@H]1O)P(=O)(O)O. The van der Waals surface area contributed by atoms with Crippen molar-refractivity contribution in [1.29, 1.82) is 0 Å². The molecule has 14 nitrogen and oxygen atoms in total. The number of halogens is 1. The molecule has 35 heavy (non-hydrogen) atoms. The third-order valence-corrected chi connectivity index (χ3v) is 7.05. The zero-order chi connectivity index (χ0) is 25.3. The molecule has 1 aliphatic heterocycles. The Labute approximate surface area is 204 Å². The van der Waals surface area contributed by atoms with Crippen molar-refractivity contribution in [3.05, 3.63) is 11.6 Å². The number of rotatable bonds is 9. The van der Waals surface area contributed by atoms with E-state index in [1.165, 1.54) is 17.8 Å². The number of nitrogens with zero attached hydrogens (tertiary/aromatic N) is 4. The van der Waals surface area contributed by atoms with Crippen LogP contribution in [0.3, 0.4) is 0 Å². The van der Waals surface area contributed by atoms with Crippen molar-refractivity contribution in [3.8, 4) is 0 Å². The van der Waals surface area contributed by atoms with Gasteiger partial charge in [0.2, 0.25) is 5.28 Å². The maximum atomic E-state index is 11.9. The molecular formula is C19H27ClN5O9P. The number of aliphatic hydroxyl groups excluding tert-OH is 2. The Kier molecular flexibility index (Phi) is 7.93. The lowest BCUT2D eigenvalue weighted by Gasteiger charge is -2.21. The van der Waals surface area contributed by atoms with E-state index in [9.17, 15) is 29.4 Å². The van der Waals surface area contributed by atoms with Crippen LogP contribution in [0.4, 0.5) is 5.82 Å². The van der Waals surface area contributed by atoms with E-state index in [-0.39, 0.29) is 23.6 Å². The quantitative estimate of drug-likeness (QED) is 0.169. The van der Waals surface area contributed by atoms with Crippen molar-refractivity contribution in [2.24, 2.45) is 0 Å². The van der Waals surface area contributed by atoms with Gasteiger partial charge in [-0.25, -0.2) is 9.78 Å². The molecule has 0 amide bonds. The van der Waals surface area contributed by atoms with Gasteiger partial charge in [0.1, 0.15) is 18.3 Å². The zero-order valence-corrected chi connectivity index (χ0v) is 20.4. The van der Waals surface area contributed by atoms with Gasteiger partial charge >= 0.3 is 13.6 Å². The number of fused-ring (bicyclic) bond motifs is 1. The topological polar surface area (TPSA) is 198 Å². The normalized spacial score (nSPS) is 26.3. The van der Waals surface area contributed by atoms with Crippen LogP contribution in [0.2, 0.25) is 5.28 Å². The summed E-state index contributed by atoms with van der Waals surface area (Å²) in [6.45, 7) is 0.747. The molecule has 0 bridgehead atoms. The van der Waals surface area contributed by atoms with Crippen molar-refractivity contribution in [2.75, 3.05) is 18.5 Å². The molecule has 16 heteroatoms. The van der Waals surface area contributed by atoms with Gasteiger partial charge in [-0.1, -0.05) is 12.8 Å². The van der Waals surface area contributed by atoms with Crippen LogP contribution in [0.5, 0.6) is 0 Å². The number of imidazole rings is 1. The van der Waals surface area contributed by atoms with Crippen molar-refractivity contribution < 1.29 is 43.6 Å². The Balaban J connectivity index is 1.53. The summed E-state index contributed by atoms with van der Waals surface area (Å²) >= 11 is 6.13. The van der Waals surface area contributed by atoms with Crippen LogP contribution in [-0.4, -0.2) is 88.9 Å². The fraction of sp³-hybridized carbons (Fsp3) is 0.684. The summed E-state index contributed by atoms with van der Waals surface area (Å²) in [6, 6.07) is 0.229. The highest BCUT2D eigenvalue weighted by Gasteiger charge is 2.46. The minimum atomic E-state index is -5.02. The number of carbonyl (C=O) groups excluding carboxylic acids is 1. The van der Waals surface area contributed by atoms with Crippen LogP contribution < -0.4 is 5.32 Å². The maximum Gasteiger partial charge on any atom is 0.365 e. The van der Waals surface area contributed by atoms with Crippen molar-refractivity contribution in [3.63, 3.8) is 0 Å². The van der Waals surface area contributed by atoms with E-state index < -0.39 is 50.6 Å². The Bertz CT molecular complexity index is 1110. The van der Waals surface area contributed by atoms with Crippen molar-refractivity contribution in [1.82, 2.24) is 19.5 Å². The fourth-order valence-electron chi connectivity index (χ4n) is 4.24. The minimum Gasteiger partial charge on any atom is -0.464 e. The van der Waals surface area contributed by atoms with E-state index in [0.717, 1.165) is 25.7 Å². The Morgan fingerprint density at radius 1 is 1.31 bits per heavy atom. The molecule has 0 radical (unpaired) electrons. The average Bonchev–Trinajstić information content (AvgIpc) is 3.49. The predicted molar refractivity (Wildman–Crippen MR) is 121 cm³/mol. The first kappa shape index (κ1) is 26.2. The number of hydrogen-bond acceptors (Lipinski definition) is 11. The second kappa shape index (κ2) is 10.6. The molecule has 2 aromatic heterocycles. The Morgan fingerprint density at radius 3 is 2.69 bits per heavy atom. The summed E-state index contributed by atoms with van der Waals surface area (Å²) in [5.41, 5.74) is 0.651. The highest BCUT2D eigenvalue weighted by molar-refractivity contribution is 7.53. The molecule has 194 valence electrons. The smallest absolute Gasteiger partial charge is 0.365 e. The summed E-state index contributed by atoms with van der Waals surface area (Å²) in [5, 5.41) is 24.4. The van der Waals surface area contributed by atoms with Crippen LogP contribution >= 0.6 is 19.2 Å². The van der Waals surface area contributed by atoms with Crippen LogP contribution in [0.1, 0.15) is 38.8 Å². The molecular weight excluding hydrogens is 509 g/mol. The second-order valence-corrected chi connectivity index (χ2v) is 10.3. The van der Waals surface area contributed by atoms with Gasteiger partial charge in [-0.2, -0.15) is 9.97 Å². The lowest BCUT2D eigenvalue weighted by molar-refractivity contribution is -0.155. The molecule has 1 aliphatic carbocycles. The third kappa shape index (κ3) is 5.59. The summed E-state index contributed by atoms with van der Waals surface area (Å²) in [4.78, 5) is 43.5. The van der Waals surface area contributed by atoms with Gasteiger partial charge in [-0.15, -0.1) is 0 Å². The average molecular weight is 536 g/mol. The van der Waals surface area contributed by atoms with E-state index in [0.29, 0.717) is 11.3 Å². The monoisotopic (exact) mass is 535 g/mol. The van der Waals surface area contributed by atoms with Crippen LogP contribution in [0.25, 0.3) is 11.2 Å². The van der Waals surface area contributed by atoms with Crippen LogP contribution in [0, 0.1) is 0 Å². The number of esters is 1. The highest BCUT2D eigenvalue weighted by atomic mass is 35.5.